The van der Waals surface area contributed by atoms with Crippen molar-refractivity contribution in [3.05, 3.63) is 64.1 Å². The molecule has 6 heteroatoms. The van der Waals surface area contributed by atoms with Gasteiger partial charge in [-0.2, -0.15) is 5.10 Å². The van der Waals surface area contributed by atoms with Gasteiger partial charge in [-0.25, -0.2) is 5.43 Å². The Morgan fingerprint density at radius 3 is 2.68 bits per heavy atom. The summed E-state index contributed by atoms with van der Waals surface area (Å²) in [5.41, 5.74) is 7.01. The number of ether oxygens (including phenoxy) is 1. The van der Waals surface area contributed by atoms with Crippen molar-refractivity contribution in [3.8, 4) is 5.75 Å². The molecule has 0 radical (unpaired) electrons. The number of hydrogen-bond acceptors (Lipinski definition) is 4. The molecule has 1 aliphatic rings. The number of amides is 1. The zero-order valence-electron chi connectivity index (χ0n) is 16.5. The van der Waals surface area contributed by atoms with Gasteiger partial charge < -0.3 is 9.64 Å². The molecule has 2 aromatic carbocycles. The SMILES string of the molecule is CC1=CC(C)(C)N(C)c2ccc(/C=N/NC(=O)COc3ccc(Br)cc3)cc21. The van der Waals surface area contributed by atoms with Crippen molar-refractivity contribution < 1.29 is 9.53 Å². The summed E-state index contributed by atoms with van der Waals surface area (Å²) in [6.45, 7) is 6.42. The molecule has 0 saturated heterocycles. The Kier molecular flexibility index (Phi) is 5.89. The molecule has 1 N–H and O–H groups in total. The molecule has 0 aromatic heterocycles. The number of nitrogens with one attached hydrogen (secondary N) is 1. The van der Waals surface area contributed by atoms with E-state index in [9.17, 15) is 4.79 Å². The van der Waals surface area contributed by atoms with Crippen LogP contribution in [0.4, 0.5) is 5.69 Å². The monoisotopic (exact) mass is 441 g/mol. The maximum atomic E-state index is 11.9. The Morgan fingerprint density at radius 1 is 1.25 bits per heavy atom. The fourth-order valence-corrected chi connectivity index (χ4v) is 3.41. The Hall–Kier alpha value is -2.60. The van der Waals surface area contributed by atoms with Crippen molar-refractivity contribution in [3.63, 3.8) is 0 Å². The third-order valence-electron chi connectivity index (χ3n) is 4.83. The standard InChI is InChI=1S/C22H24BrN3O2/c1-15-12-22(2,3)26(4)20-10-5-16(11-19(15)20)13-24-25-21(27)14-28-18-8-6-17(23)7-9-18/h5-13H,14H2,1-4H3,(H,25,27)/b24-13+. The number of anilines is 1. The predicted molar refractivity (Wildman–Crippen MR) is 118 cm³/mol. The van der Waals surface area contributed by atoms with Gasteiger partial charge in [0.15, 0.2) is 6.61 Å². The van der Waals surface area contributed by atoms with E-state index < -0.39 is 0 Å². The molecule has 0 bridgehead atoms. The molecule has 0 atom stereocenters. The number of hydrazone groups is 1. The van der Waals surface area contributed by atoms with Crippen LogP contribution in [0.15, 0.2) is 58.1 Å². The second-order valence-corrected chi connectivity index (χ2v) is 8.27. The van der Waals surface area contributed by atoms with Crippen LogP contribution in [0, 0.1) is 0 Å². The summed E-state index contributed by atoms with van der Waals surface area (Å²) in [6, 6.07) is 13.5. The number of halogens is 1. The molecular weight excluding hydrogens is 418 g/mol. The van der Waals surface area contributed by atoms with Crippen LogP contribution in [0.3, 0.4) is 0 Å². The smallest absolute Gasteiger partial charge is 0.277 e. The molecular formula is C22H24BrN3O2. The van der Waals surface area contributed by atoms with Crippen LogP contribution in [0.25, 0.3) is 5.57 Å². The number of carbonyl (C=O) groups is 1. The lowest BCUT2D eigenvalue weighted by atomic mass is 9.89. The summed E-state index contributed by atoms with van der Waals surface area (Å²) < 4.78 is 6.38. The van der Waals surface area contributed by atoms with E-state index in [1.54, 1.807) is 18.3 Å². The van der Waals surface area contributed by atoms with Crippen LogP contribution in [0.5, 0.6) is 5.75 Å². The summed E-state index contributed by atoms with van der Waals surface area (Å²) in [5.74, 6) is 0.320. The van der Waals surface area contributed by atoms with Gasteiger partial charge in [0.05, 0.1) is 11.8 Å². The molecule has 3 rings (SSSR count). The van der Waals surface area contributed by atoms with Crippen LogP contribution in [-0.2, 0) is 4.79 Å². The molecule has 0 unspecified atom stereocenters. The molecule has 28 heavy (non-hydrogen) atoms. The average Bonchev–Trinajstić information content (AvgIpc) is 2.65. The van der Waals surface area contributed by atoms with E-state index in [0.717, 1.165) is 10.0 Å². The number of carbonyl (C=O) groups excluding carboxylic acids is 1. The Bertz CT molecular complexity index is 933. The van der Waals surface area contributed by atoms with Crippen molar-refractivity contribution in [1.82, 2.24) is 5.43 Å². The largest absolute Gasteiger partial charge is 0.484 e. The van der Waals surface area contributed by atoms with Gasteiger partial charge in [-0.1, -0.05) is 28.1 Å². The summed E-state index contributed by atoms with van der Waals surface area (Å²) >= 11 is 3.36. The van der Waals surface area contributed by atoms with Gasteiger partial charge in [-0.15, -0.1) is 0 Å². The van der Waals surface area contributed by atoms with Gasteiger partial charge in [-0.3, -0.25) is 4.79 Å². The Morgan fingerprint density at radius 2 is 1.96 bits per heavy atom. The molecule has 1 amide bonds. The summed E-state index contributed by atoms with van der Waals surface area (Å²) in [5, 5.41) is 4.04. The highest BCUT2D eigenvalue weighted by atomic mass is 79.9. The molecule has 0 aliphatic carbocycles. The van der Waals surface area contributed by atoms with Crippen LogP contribution < -0.4 is 15.1 Å². The van der Waals surface area contributed by atoms with Crippen molar-refractivity contribution in [2.75, 3.05) is 18.6 Å². The minimum absolute atomic E-state index is 0.0184. The number of hydrogen-bond donors (Lipinski definition) is 1. The highest BCUT2D eigenvalue weighted by Gasteiger charge is 2.28. The van der Waals surface area contributed by atoms with Crippen LogP contribution in [0.2, 0.25) is 0 Å². The highest BCUT2D eigenvalue weighted by molar-refractivity contribution is 9.10. The van der Waals surface area contributed by atoms with Gasteiger partial charge in [0, 0.05) is 22.8 Å². The number of allylic oxidation sites excluding steroid dienone is 1. The van der Waals surface area contributed by atoms with E-state index >= 15 is 0 Å². The molecule has 0 spiro atoms. The molecule has 0 fully saturated rings. The zero-order valence-corrected chi connectivity index (χ0v) is 18.1. The third kappa shape index (κ3) is 4.62. The first-order valence-corrected chi connectivity index (χ1v) is 9.83. The third-order valence-corrected chi connectivity index (χ3v) is 5.36. The summed E-state index contributed by atoms with van der Waals surface area (Å²) in [6.07, 6.45) is 3.91. The Labute approximate surface area is 174 Å². The maximum absolute atomic E-state index is 11.9. The number of likely N-dealkylation sites (N-methyl/N-ethyl adjacent to an activating group) is 1. The van der Waals surface area contributed by atoms with E-state index in [1.165, 1.54) is 16.8 Å². The lowest BCUT2D eigenvalue weighted by molar-refractivity contribution is -0.123. The summed E-state index contributed by atoms with van der Waals surface area (Å²) in [4.78, 5) is 14.2. The first-order valence-electron chi connectivity index (χ1n) is 9.04. The quantitative estimate of drug-likeness (QED) is 0.544. The van der Waals surface area contributed by atoms with Crippen LogP contribution in [0.1, 0.15) is 31.9 Å². The van der Waals surface area contributed by atoms with Gasteiger partial charge in [0.25, 0.3) is 5.91 Å². The van der Waals surface area contributed by atoms with E-state index in [-0.39, 0.29) is 18.1 Å². The molecule has 1 heterocycles. The number of nitrogens with zero attached hydrogens (tertiary/aromatic N) is 2. The first-order chi connectivity index (χ1) is 13.3. The molecule has 146 valence electrons. The van der Waals surface area contributed by atoms with E-state index in [2.05, 4.69) is 77.4 Å². The predicted octanol–water partition coefficient (Wildman–Crippen LogP) is 4.61. The molecule has 1 aliphatic heterocycles. The van der Waals surface area contributed by atoms with Gasteiger partial charge in [-0.05, 0) is 68.3 Å². The second-order valence-electron chi connectivity index (χ2n) is 7.35. The second kappa shape index (κ2) is 8.19. The van der Waals surface area contributed by atoms with E-state index in [1.807, 2.05) is 18.2 Å². The molecule has 5 nitrogen and oxygen atoms in total. The average molecular weight is 442 g/mol. The minimum Gasteiger partial charge on any atom is -0.484 e. The zero-order chi connectivity index (χ0) is 20.3. The lowest BCUT2D eigenvalue weighted by Crippen LogP contribution is -2.42. The Balaban J connectivity index is 1.60. The highest BCUT2D eigenvalue weighted by Crippen LogP contribution is 2.37. The number of rotatable bonds is 5. The van der Waals surface area contributed by atoms with Crippen LogP contribution in [-0.4, -0.2) is 31.3 Å². The van der Waals surface area contributed by atoms with Crippen molar-refractivity contribution >= 4 is 39.3 Å². The fraction of sp³-hybridized carbons (Fsp3) is 0.273. The summed E-state index contributed by atoms with van der Waals surface area (Å²) in [7, 11) is 2.10. The topological polar surface area (TPSA) is 53.9 Å². The van der Waals surface area contributed by atoms with Gasteiger partial charge >= 0.3 is 0 Å². The molecule has 0 saturated carbocycles. The molecule has 2 aromatic rings. The van der Waals surface area contributed by atoms with Crippen molar-refractivity contribution in [2.45, 2.75) is 26.3 Å². The maximum Gasteiger partial charge on any atom is 0.277 e. The van der Waals surface area contributed by atoms with Crippen molar-refractivity contribution in [1.29, 1.82) is 0 Å². The number of benzene rings is 2. The fourth-order valence-electron chi connectivity index (χ4n) is 3.15. The van der Waals surface area contributed by atoms with Crippen molar-refractivity contribution in [2.24, 2.45) is 5.10 Å². The minimum atomic E-state index is -0.310. The normalized spacial score (nSPS) is 15.2. The first kappa shape index (κ1) is 20.1. The lowest BCUT2D eigenvalue weighted by Gasteiger charge is -2.40. The number of fused-ring (bicyclic) bond motifs is 1. The van der Waals surface area contributed by atoms with E-state index in [4.69, 9.17) is 4.74 Å². The van der Waals surface area contributed by atoms with Gasteiger partial charge in [0.2, 0.25) is 0 Å². The van der Waals surface area contributed by atoms with Gasteiger partial charge in [0.1, 0.15) is 5.75 Å². The van der Waals surface area contributed by atoms with E-state index in [0.29, 0.717) is 5.75 Å². The van der Waals surface area contributed by atoms with Crippen LogP contribution >= 0.6 is 15.9 Å².